The highest BCUT2D eigenvalue weighted by molar-refractivity contribution is 7.09. The fourth-order valence-corrected chi connectivity index (χ4v) is 3.44. The summed E-state index contributed by atoms with van der Waals surface area (Å²) in [5.74, 6) is 0.530. The highest BCUT2D eigenvalue weighted by Gasteiger charge is 2.45. The second-order valence-electron chi connectivity index (χ2n) is 5.98. The zero-order valence-corrected chi connectivity index (χ0v) is 14.5. The van der Waals surface area contributed by atoms with Crippen LogP contribution in [0.15, 0.2) is 29.8 Å². The van der Waals surface area contributed by atoms with Crippen molar-refractivity contribution in [2.45, 2.75) is 44.1 Å². The molecule has 4 N–H and O–H groups in total. The van der Waals surface area contributed by atoms with Crippen LogP contribution in [0.25, 0.3) is 0 Å². The Morgan fingerprint density at radius 2 is 2.00 bits per heavy atom. The summed E-state index contributed by atoms with van der Waals surface area (Å²) in [7, 11) is 0. The molecule has 1 saturated heterocycles. The van der Waals surface area contributed by atoms with Crippen LogP contribution in [-0.2, 0) is 11.2 Å². The first-order chi connectivity index (χ1) is 12.0. The summed E-state index contributed by atoms with van der Waals surface area (Å²) in [5, 5.41) is 42.0. The third kappa shape index (κ3) is 3.84. The molecule has 2 aromatic rings. The van der Waals surface area contributed by atoms with E-state index in [2.05, 4.69) is 4.98 Å². The van der Waals surface area contributed by atoms with E-state index in [1.54, 1.807) is 6.20 Å². The van der Waals surface area contributed by atoms with E-state index in [1.165, 1.54) is 11.3 Å². The maximum absolute atomic E-state index is 10.2. The van der Waals surface area contributed by atoms with Crippen LogP contribution in [0.4, 0.5) is 0 Å². The largest absolute Gasteiger partial charge is 0.461 e. The number of aromatic nitrogens is 1. The lowest BCUT2D eigenvalue weighted by molar-refractivity contribution is -0.277. The number of para-hydroxylation sites is 1. The van der Waals surface area contributed by atoms with Crippen molar-refractivity contribution in [3.63, 3.8) is 0 Å². The number of aliphatic hydroxyl groups is 4. The molecule has 0 unspecified atom stereocenters. The molecule has 0 saturated carbocycles. The lowest BCUT2D eigenvalue weighted by Crippen LogP contribution is -2.60. The molecule has 1 fully saturated rings. The maximum Gasteiger partial charge on any atom is 0.229 e. The standard InChI is InChI=1S/C17H21NO6S/c1-9-3-2-4-10(7-12-18-5-6-25-12)16(9)24-17-15(22)14(21)13(20)11(8-19)23-17/h2-6,11,13-15,17,19-22H,7-8H2,1H3/t11-,13-,14+,15-,17+/m1/s1. The van der Waals surface area contributed by atoms with E-state index in [0.29, 0.717) is 12.2 Å². The summed E-state index contributed by atoms with van der Waals surface area (Å²) in [6.45, 7) is 1.37. The molecule has 1 aromatic carbocycles. The molecule has 1 aliphatic rings. The Morgan fingerprint density at radius 3 is 2.68 bits per heavy atom. The minimum Gasteiger partial charge on any atom is -0.461 e. The van der Waals surface area contributed by atoms with Crippen LogP contribution in [0, 0.1) is 6.92 Å². The molecule has 1 aromatic heterocycles. The van der Waals surface area contributed by atoms with Gasteiger partial charge in [0.05, 0.1) is 11.6 Å². The van der Waals surface area contributed by atoms with Crippen molar-refractivity contribution in [2.75, 3.05) is 6.61 Å². The van der Waals surface area contributed by atoms with Gasteiger partial charge in [0.15, 0.2) is 0 Å². The van der Waals surface area contributed by atoms with E-state index in [0.717, 1.165) is 16.1 Å². The predicted molar refractivity (Wildman–Crippen MR) is 90.5 cm³/mol. The maximum atomic E-state index is 10.2. The summed E-state index contributed by atoms with van der Waals surface area (Å²) in [4.78, 5) is 4.27. The summed E-state index contributed by atoms with van der Waals surface area (Å²) >= 11 is 1.53. The monoisotopic (exact) mass is 367 g/mol. The molecule has 136 valence electrons. The summed E-state index contributed by atoms with van der Waals surface area (Å²) in [5.41, 5.74) is 1.71. The Labute approximate surface area is 149 Å². The smallest absolute Gasteiger partial charge is 0.229 e. The number of rotatable bonds is 5. The van der Waals surface area contributed by atoms with Gasteiger partial charge in [0.2, 0.25) is 6.29 Å². The lowest BCUT2D eigenvalue weighted by Gasteiger charge is -2.40. The second kappa shape index (κ2) is 7.77. The van der Waals surface area contributed by atoms with E-state index >= 15 is 0 Å². The fraction of sp³-hybridized carbons (Fsp3) is 0.471. The van der Waals surface area contributed by atoms with Gasteiger partial charge in [-0.25, -0.2) is 4.98 Å². The van der Waals surface area contributed by atoms with Gasteiger partial charge < -0.3 is 29.9 Å². The fourth-order valence-electron chi connectivity index (χ4n) is 2.81. The molecule has 5 atom stereocenters. The van der Waals surface area contributed by atoms with Gasteiger partial charge in [-0.1, -0.05) is 18.2 Å². The number of thiazole rings is 1. The molecule has 8 heteroatoms. The number of ether oxygens (including phenoxy) is 2. The second-order valence-corrected chi connectivity index (χ2v) is 6.96. The van der Waals surface area contributed by atoms with Gasteiger partial charge in [-0.3, -0.25) is 0 Å². The quantitative estimate of drug-likeness (QED) is 0.598. The van der Waals surface area contributed by atoms with Gasteiger partial charge in [0, 0.05) is 23.6 Å². The number of hydrogen-bond donors (Lipinski definition) is 4. The molecule has 0 bridgehead atoms. The highest BCUT2D eigenvalue weighted by Crippen LogP contribution is 2.30. The van der Waals surface area contributed by atoms with Crippen LogP contribution in [0.5, 0.6) is 5.75 Å². The number of aryl methyl sites for hydroxylation is 1. The molecule has 0 spiro atoms. The normalized spacial score (nSPS) is 29.6. The van der Waals surface area contributed by atoms with Crippen LogP contribution in [0.3, 0.4) is 0 Å². The Bertz CT molecular complexity index is 692. The third-order valence-electron chi connectivity index (χ3n) is 4.20. The molecule has 1 aliphatic heterocycles. The highest BCUT2D eigenvalue weighted by atomic mass is 32.1. The molecular weight excluding hydrogens is 346 g/mol. The number of benzene rings is 1. The van der Waals surface area contributed by atoms with E-state index in [-0.39, 0.29) is 0 Å². The Balaban J connectivity index is 1.84. The minimum absolute atomic E-state index is 0.495. The van der Waals surface area contributed by atoms with Gasteiger partial charge in [-0.15, -0.1) is 11.3 Å². The molecular formula is C17H21NO6S. The van der Waals surface area contributed by atoms with Gasteiger partial charge in [0.25, 0.3) is 0 Å². The Hall–Kier alpha value is -1.55. The molecule has 3 rings (SSSR count). The van der Waals surface area contributed by atoms with Crippen LogP contribution >= 0.6 is 11.3 Å². The van der Waals surface area contributed by atoms with E-state index in [1.807, 2.05) is 30.5 Å². The molecule has 0 amide bonds. The minimum atomic E-state index is -1.47. The molecule has 0 radical (unpaired) electrons. The summed E-state index contributed by atoms with van der Waals surface area (Å²) in [6, 6.07) is 5.66. The Morgan fingerprint density at radius 1 is 1.20 bits per heavy atom. The molecule has 2 heterocycles. The first kappa shape index (κ1) is 18.2. The van der Waals surface area contributed by atoms with Gasteiger partial charge in [-0.05, 0) is 12.5 Å². The zero-order chi connectivity index (χ0) is 18.0. The van der Waals surface area contributed by atoms with Crippen molar-refractivity contribution in [3.8, 4) is 5.75 Å². The molecule has 0 aliphatic carbocycles. The summed E-state index contributed by atoms with van der Waals surface area (Å²) in [6.07, 6.45) is -4.24. The van der Waals surface area contributed by atoms with Crippen LogP contribution in [-0.4, -0.2) is 62.7 Å². The Kier molecular flexibility index (Phi) is 5.67. The molecule has 25 heavy (non-hydrogen) atoms. The average Bonchev–Trinajstić information content (AvgIpc) is 3.11. The van der Waals surface area contributed by atoms with Gasteiger partial charge in [0.1, 0.15) is 30.2 Å². The van der Waals surface area contributed by atoms with Crippen molar-refractivity contribution in [1.29, 1.82) is 0 Å². The van der Waals surface area contributed by atoms with Gasteiger partial charge in [-0.2, -0.15) is 0 Å². The molecule has 7 nitrogen and oxygen atoms in total. The SMILES string of the molecule is Cc1cccc(Cc2nccs2)c1O[C@@H]1O[C@H](CO)[C@@H](O)[C@H](O)[C@H]1O. The van der Waals surface area contributed by atoms with E-state index < -0.39 is 37.3 Å². The van der Waals surface area contributed by atoms with Gasteiger partial charge >= 0.3 is 0 Å². The number of aliphatic hydroxyl groups excluding tert-OH is 4. The van der Waals surface area contributed by atoms with E-state index in [9.17, 15) is 20.4 Å². The third-order valence-corrected chi connectivity index (χ3v) is 4.98. The number of hydrogen-bond acceptors (Lipinski definition) is 8. The topological polar surface area (TPSA) is 112 Å². The summed E-state index contributed by atoms with van der Waals surface area (Å²) < 4.78 is 11.3. The van der Waals surface area contributed by atoms with Crippen LogP contribution in [0.1, 0.15) is 16.1 Å². The first-order valence-electron chi connectivity index (χ1n) is 7.95. The van der Waals surface area contributed by atoms with Crippen LogP contribution in [0.2, 0.25) is 0 Å². The lowest BCUT2D eigenvalue weighted by atomic mass is 9.99. The van der Waals surface area contributed by atoms with Crippen molar-refractivity contribution in [2.24, 2.45) is 0 Å². The van der Waals surface area contributed by atoms with Crippen molar-refractivity contribution < 1.29 is 29.9 Å². The van der Waals surface area contributed by atoms with Crippen molar-refractivity contribution in [3.05, 3.63) is 45.9 Å². The predicted octanol–water partition coefficient (Wildman–Crippen LogP) is 0.221. The zero-order valence-electron chi connectivity index (χ0n) is 13.6. The first-order valence-corrected chi connectivity index (χ1v) is 8.83. The van der Waals surface area contributed by atoms with Crippen LogP contribution < -0.4 is 4.74 Å². The van der Waals surface area contributed by atoms with E-state index in [4.69, 9.17) is 9.47 Å². The average molecular weight is 367 g/mol. The van der Waals surface area contributed by atoms with Crippen molar-refractivity contribution >= 4 is 11.3 Å². The number of nitrogens with zero attached hydrogens (tertiary/aromatic N) is 1. The van der Waals surface area contributed by atoms with Crippen molar-refractivity contribution in [1.82, 2.24) is 4.98 Å².